The van der Waals surface area contributed by atoms with Gasteiger partial charge in [-0.05, 0) is 109 Å². The van der Waals surface area contributed by atoms with Gasteiger partial charge in [-0.25, -0.2) is 0 Å². The fourth-order valence-electron chi connectivity index (χ4n) is 7.35. The summed E-state index contributed by atoms with van der Waals surface area (Å²) in [6.07, 6.45) is 85.5. The number of carbonyl (C=O) groups is 2. The summed E-state index contributed by atoms with van der Waals surface area (Å²) in [5.74, 6) is -0.610. The van der Waals surface area contributed by atoms with E-state index in [1.807, 2.05) is 0 Å². The van der Waals surface area contributed by atoms with Gasteiger partial charge >= 0.3 is 11.9 Å². The molecule has 0 fully saturated rings. The molecule has 0 aromatic heterocycles. The van der Waals surface area contributed by atoms with Crippen LogP contribution in [-0.4, -0.2) is 36.4 Å². The van der Waals surface area contributed by atoms with Crippen LogP contribution in [0, 0.1) is 0 Å². The molecule has 0 saturated carbocycles. The maximum Gasteiger partial charge on any atom is 0.306 e. The lowest BCUT2D eigenvalue weighted by Gasteiger charge is -2.15. The van der Waals surface area contributed by atoms with Gasteiger partial charge in [0.15, 0.2) is 6.10 Å². The van der Waals surface area contributed by atoms with Gasteiger partial charge in [0, 0.05) is 12.8 Å². The molecule has 0 aliphatic heterocycles. The van der Waals surface area contributed by atoms with Crippen molar-refractivity contribution in [2.24, 2.45) is 0 Å². The van der Waals surface area contributed by atoms with Crippen molar-refractivity contribution in [1.82, 2.24) is 0 Å². The van der Waals surface area contributed by atoms with Crippen LogP contribution < -0.4 is 0 Å². The van der Waals surface area contributed by atoms with E-state index in [0.717, 1.165) is 116 Å². The van der Waals surface area contributed by atoms with Gasteiger partial charge in [0.2, 0.25) is 0 Å². The highest BCUT2D eigenvalue weighted by molar-refractivity contribution is 5.70. The Morgan fingerprint density at radius 2 is 0.588 bits per heavy atom. The third-order valence-corrected chi connectivity index (χ3v) is 11.4. The summed E-state index contributed by atoms with van der Waals surface area (Å²) in [7, 11) is 0. The van der Waals surface area contributed by atoms with Crippen LogP contribution in [0.5, 0.6) is 0 Å². The first-order chi connectivity index (χ1) is 33.6. The van der Waals surface area contributed by atoms with E-state index in [1.54, 1.807) is 0 Å². The van der Waals surface area contributed by atoms with Gasteiger partial charge in [-0.2, -0.15) is 0 Å². The Morgan fingerprint density at radius 1 is 0.338 bits per heavy atom. The summed E-state index contributed by atoms with van der Waals surface area (Å²) in [5, 5.41) is 9.66. The molecule has 384 valence electrons. The van der Waals surface area contributed by atoms with E-state index in [4.69, 9.17) is 9.47 Å². The molecule has 0 saturated heterocycles. The maximum atomic E-state index is 12.3. The smallest absolute Gasteiger partial charge is 0.306 e. The van der Waals surface area contributed by atoms with Crippen LogP contribution in [0.1, 0.15) is 232 Å². The van der Waals surface area contributed by atoms with E-state index in [2.05, 4.69) is 148 Å². The Balaban J connectivity index is 3.57. The molecular weight excluding hydrogens is 837 g/mol. The lowest BCUT2D eigenvalue weighted by atomic mass is 10.0. The van der Waals surface area contributed by atoms with Crippen LogP contribution in [0.4, 0.5) is 0 Å². The van der Waals surface area contributed by atoms with Gasteiger partial charge in [0.05, 0.1) is 6.61 Å². The van der Waals surface area contributed by atoms with Crippen molar-refractivity contribution in [1.29, 1.82) is 0 Å². The van der Waals surface area contributed by atoms with E-state index in [-0.39, 0.29) is 25.2 Å². The third-order valence-electron chi connectivity index (χ3n) is 11.4. The summed E-state index contributed by atoms with van der Waals surface area (Å²) in [6.45, 7) is 3.90. The summed E-state index contributed by atoms with van der Waals surface area (Å²) >= 11 is 0. The minimum Gasteiger partial charge on any atom is -0.462 e. The Kier molecular flexibility index (Phi) is 54.0. The number of aliphatic hydroxyl groups excluding tert-OH is 1. The lowest BCUT2D eigenvalue weighted by molar-refractivity contribution is -0.161. The molecule has 1 N–H and O–H groups in total. The van der Waals surface area contributed by atoms with Crippen molar-refractivity contribution in [3.8, 4) is 0 Å². The number of esters is 2. The number of ether oxygens (including phenoxy) is 2. The van der Waals surface area contributed by atoms with Crippen LogP contribution in [-0.2, 0) is 19.1 Å². The molecule has 0 spiro atoms. The number of hydrogen-bond acceptors (Lipinski definition) is 5. The third kappa shape index (κ3) is 54.6. The van der Waals surface area contributed by atoms with Crippen molar-refractivity contribution >= 4 is 11.9 Å². The Hall–Kier alpha value is -3.96. The predicted octanol–water partition coefficient (Wildman–Crippen LogP) is 18.9. The molecule has 68 heavy (non-hydrogen) atoms. The fourth-order valence-corrected chi connectivity index (χ4v) is 7.35. The molecule has 0 rings (SSSR count). The molecule has 1 atom stereocenters. The first-order valence-electron chi connectivity index (χ1n) is 27.7. The molecule has 5 nitrogen and oxygen atoms in total. The van der Waals surface area contributed by atoms with Gasteiger partial charge in [-0.15, -0.1) is 0 Å². The van der Waals surface area contributed by atoms with Gasteiger partial charge in [-0.3, -0.25) is 9.59 Å². The minimum absolute atomic E-state index is 0.0788. The van der Waals surface area contributed by atoms with Crippen LogP contribution in [0.15, 0.2) is 134 Å². The molecule has 0 aromatic rings. The van der Waals surface area contributed by atoms with E-state index >= 15 is 0 Å². The zero-order valence-corrected chi connectivity index (χ0v) is 43.8. The second kappa shape index (κ2) is 57.4. The second-order valence-electron chi connectivity index (χ2n) is 17.9. The Labute approximate surface area is 419 Å². The van der Waals surface area contributed by atoms with E-state index in [9.17, 15) is 14.7 Å². The zero-order chi connectivity index (χ0) is 49.2. The van der Waals surface area contributed by atoms with Crippen LogP contribution in [0.3, 0.4) is 0 Å². The topological polar surface area (TPSA) is 72.8 Å². The highest BCUT2D eigenvalue weighted by atomic mass is 16.6. The molecule has 0 bridgehead atoms. The Bertz CT molecular complexity index is 1430. The van der Waals surface area contributed by atoms with Gasteiger partial charge < -0.3 is 14.6 Å². The predicted molar refractivity (Wildman–Crippen MR) is 297 cm³/mol. The molecular formula is C63H102O5. The van der Waals surface area contributed by atoms with Gasteiger partial charge in [-0.1, -0.05) is 244 Å². The van der Waals surface area contributed by atoms with Crippen molar-refractivity contribution in [2.75, 3.05) is 13.2 Å². The van der Waals surface area contributed by atoms with E-state index in [1.165, 1.54) is 89.9 Å². The largest absolute Gasteiger partial charge is 0.462 e. The molecule has 0 heterocycles. The van der Waals surface area contributed by atoms with Crippen LogP contribution in [0.2, 0.25) is 0 Å². The van der Waals surface area contributed by atoms with Crippen molar-refractivity contribution < 1.29 is 24.2 Å². The normalized spacial score (nSPS) is 13.3. The average Bonchev–Trinajstić information content (AvgIpc) is 3.34. The molecule has 0 radical (unpaired) electrons. The fraction of sp³-hybridized carbons (Fsp3) is 0.619. The summed E-state index contributed by atoms with van der Waals surface area (Å²) in [6, 6.07) is 0. The molecule has 1 unspecified atom stereocenters. The number of allylic oxidation sites excluding steroid dienone is 22. The maximum absolute atomic E-state index is 12.3. The highest BCUT2D eigenvalue weighted by Crippen LogP contribution is 2.15. The minimum atomic E-state index is -0.789. The number of unbranched alkanes of at least 4 members (excludes halogenated alkanes) is 19. The highest BCUT2D eigenvalue weighted by Gasteiger charge is 2.16. The first kappa shape index (κ1) is 64.0. The molecule has 0 aliphatic carbocycles. The summed E-state index contributed by atoms with van der Waals surface area (Å²) < 4.78 is 10.7. The van der Waals surface area contributed by atoms with Crippen LogP contribution >= 0.6 is 0 Å². The van der Waals surface area contributed by atoms with Crippen LogP contribution in [0.25, 0.3) is 0 Å². The molecule has 0 aliphatic rings. The van der Waals surface area contributed by atoms with Crippen molar-refractivity contribution in [3.63, 3.8) is 0 Å². The zero-order valence-electron chi connectivity index (χ0n) is 43.8. The van der Waals surface area contributed by atoms with E-state index < -0.39 is 6.10 Å². The number of carbonyl (C=O) groups excluding carboxylic acids is 2. The number of hydrogen-bond donors (Lipinski definition) is 1. The van der Waals surface area contributed by atoms with Crippen molar-refractivity contribution in [3.05, 3.63) is 134 Å². The van der Waals surface area contributed by atoms with Gasteiger partial charge in [0.1, 0.15) is 6.61 Å². The lowest BCUT2D eigenvalue weighted by Crippen LogP contribution is -2.28. The van der Waals surface area contributed by atoms with Crippen molar-refractivity contribution in [2.45, 2.75) is 238 Å². The SMILES string of the molecule is CC/C=C\C/C=C\C/C=C\C/C=C\C/C=C\C/C=C\CCCCCCCCCCC(=O)OC(CO)COC(=O)CCCCCCCCCCCCC/C=C\C/C=C\C/C=C\C/C=C\C/C=C\CC. The average molecular weight is 940 g/mol. The second-order valence-corrected chi connectivity index (χ2v) is 17.9. The monoisotopic (exact) mass is 939 g/mol. The summed E-state index contributed by atoms with van der Waals surface area (Å²) in [4.78, 5) is 24.5. The number of rotatable bonds is 49. The van der Waals surface area contributed by atoms with Gasteiger partial charge in [0.25, 0.3) is 0 Å². The number of aliphatic hydroxyl groups is 1. The first-order valence-corrected chi connectivity index (χ1v) is 27.7. The molecule has 5 heteroatoms. The Morgan fingerprint density at radius 3 is 0.882 bits per heavy atom. The van der Waals surface area contributed by atoms with E-state index in [0.29, 0.717) is 12.8 Å². The standard InChI is InChI=1S/C63H102O5/c1-3-5-7-9-11-13-15-17-19-21-23-25-27-29-31-33-35-37-39-41-43-45-47-49-51-53-55-57-62(65)67-60-61(59-64)68-63(66)58-56-54-52-50-48-46-44-42-40-38-36-34-32-30-28-26-24-22-20-18-16-14-12-10-8-6-4-2/h5-8,11-14,17-20,23-26,29-32,36,38,61,64H,3-4,9-10,15-16,21-22,27-28,33-35,37,39-60H2,1-2H3/b7-5-,8-6-,13-11-,14-12-,19-17-,20-18-,25-23-,26-24-,31-29-,32-30-,38-36-. The molecule has 0 aromatic carbocycles. The molecule has 0 amide bonds. The quantitative estimate of drug-likeness (QED) is 0.0374. The summed E-state index contributed by atoms with van der Waals surface area (Å²) in [5.41, 5.74) is 0.